The summed E-state index contributed by atoms with van der Waals surface area (Å²) in [6.07, 6.45) is -0.869. The fourth-order valence-corrected chi connectivity index (χ4v) is 2.47. The molecule has 0 spiro atoms. The third-order valence-corrected chi connectivity index (χ3v) is 7.98. The molecule has 0 N–H and O–H groups in total. The van der Waals surface area contributed by atoms with Gasteiger partial charge in [0.25, 0.3) is 0 Å². The molecule has 102 valence electrons. The Labute approximate surface area is 108 Å². The second-order valence-electron chi connectivity index (χ2n) is 6.05. The number of carbonyl (C=O) groups excluding carboxylic acids is 1. The fourth-order valence-electron chi connectivity index (χ4n) is 1.39. The summed E-state index contributed by atoms with van der Waals surface area (Å²) in [4.78, 5) is 14.5. The number of nitrogens with zero attached hydrogens (tertiary/aromatic N) is 3. The first kappa shape index (κ1) is 15.2. The van der Waals surface area contributed by atoms with Crippen LogP contribution in [0.25, 0.3) is 10.4 Å². The van der Waals surface area contributed by atoms with Crippen LogP contribution < -0.4 is 0 Å². The molecule has 0 bridgehead atoms. The van der Waals surface area contributed by atoms with Gasteiger partial charge >= 0.3 is 0 Å². The van der Waals surface area contributed by atoms with Crippen LogP contribution in [0.1, 0.15) is 27.2 Å². The van der Waals surface area contributed by atoms with Gasteiger partial charge in [0.15, 0.2) is 14.1 Å². The van der Waals surface area contributed by atoms with Crippen LogP contribution in [-0.2, 0) is 14.0 Å². The van der Waals surface area contributed by atoms with E-state index in [0.29, 0.717) is 0 Å². The van der Waals surface area contributed by atoms with Gasteiger partial charge in [0.1, 0.15) is 0 Å². The van der Waals surface area contributed by atoms with Gasteiger partial charge in [-0.15, -0.1) is 0 Å². The normalized spacial score (nSPS) is 25.1. The number of ketones is 1. The minimum absolute atomic E-state index is 0.0273. The van der Waals surface area contributed by atoms with Crippen LogP contribution >= 0.6 is 0 Å². The second-order valence-corrected chi connectivity index (χ2v) is 10.8. The van der Waals surface area contributed by atoms with E-state index in [4.69, 9.17) is 14.7 Å². The minimum Gasteiger partial charge on any atom is -0.387 e. The van der Waals surface area contributed by atoms with Crippen molar-refractivity contribution in [3.05, 3.63) is 10.4 Å². The lowest BCUT2D eigenvalue weighted by molar-refractivity contribution is -0.139. The number of rotatable bonds is 4. The molecule has 0 aliphatic carbocycles. The third kappa shape index (κ3) is 3.55. The molecule has 1 saturated heterocycles. The molecule has 0 aromatic rings. The zero-order chi connectivity index (χ0) is 14.0. The van der Waals surface area contributed by atoms with E-state index in [0.717, 1.165) is 0 Å². The van der Waals surface area contributed by atoms with Crippen LogP contribution in [0.4, 0.5) is 0 Å². The monoisotopic (exact) mass is 271 g/mol. The molecule has 1 heterocycles. The number of ether oxygens (including phenoxy) is 1. The highest BCUT2D eigenvalue weighted by Crippen LogP contribution is 2.38. The Hall–Kier alpha value is -0.883. The number of azide groups is 1. The molecule has 2 atom stereocenters. The average Bonchev–Trinajstić information content (AvgIpc) is 2.54. The molecule has 18 heavy (non-hydrogen) atoms. The van der Waals surface area contributed by atoms with Crippen LogP contribution in [0.5, 0.6) is 0 Å². The van der Waals surface area contributed by atoms with Crippen molar-refractivity contribution < 1.29 is 14.0 Å². The minimum atomic E-state index is -2.02. The van der Waals surface area contributed by atoms with Gasteiger partial charge in [-0.3, -0.25) is 4.79 Å². The number of hydrogen-bond donors (Lipinski definition) is 0. The lowest BCUT2D eigenvalue weighted by Crippen LogP contribution is -2.45. The topological polar surface area (TPSA) is 84.3 Å². The Bertz CT molecular complexity index is 372. The van der Waals surface area contributed by atoms with E-state index >= 15 is 0 Å². The first-order valence-corrected chi connectivity index (χ1v) is 8.95. The summed E-state index contributed by atoms with van der Waals surface area (Å²) in [5, 5.41) is 3.45. The van der Waals surface area contributed by atoms with E-state index in [1.54, 1.807) is 0 Å². The Kier molecular flexibility index (Phi) is 4.55. The van der Waals surface area contributed by atoms with Crippen LogP contribution in [0.3, 0.4) is 0 Å². The lowest BCUT2D eigenvalue weighted by atomic mass is 10.2. The Balaban J connectivity index is 2.64. The summed E-state index contributed by atoms with van der Waals surface area (Å²) in [5.74, 6) is -0.0574. The largest absolute Gasteiger partial charge is 0.387 e. The van der Waals surface area contributed by atoms with Crippen LogP contribution in [-0.4, -0.2) is 33.0 Å². The summed E-state index contributed by atoms with van der Waals surface area (Å²) in [5.41, 5.74) is 8.24. The van der Waals surface area contributed by atoms with Gasteiger partial charge < -0.3 is 9.16 Å². The molecule has 0 unspecified atom stereocenters. The predicted molar refractivity (Wildman–Crippen MR) is 70.6 cm³/mol. The molecular formula is C11H21N3O3Si. The maximum absolute atomic E-state index is 11.8. The van der Waals surface area contributed by atoms with Crippen LogP contribution in [0, 0.1) is 0 Å². The molecule has 0 amide bonds. The van der Waals surface area contributed by atoms with Crippen molar-refractivity contribution in [2.45, 2.75) is 57.7 Å². The van der Waals surface area contributed by atoms with E-state index in [9.17, 15) is 4.79 Å². The summed E-state index contributed by atoms with van der Waals surface area (Å²) in [6.45, 7) is 10.6. The van der Waals surface area contributed by atoms with E-state index in [-0.39, 0.29) is 29.9 Å². The van der Waals surface area contributed by atoms with Crippen molar-refractivity contribution in [3.8, 4) is 0 Å². The standard InChI is InChI=1S/C11H21N3O3Si/c1-11(2,3)18(4,5)17-10-9(15)6-8(16-10)7-13-14-12/h8,10H,6-7H2,1-5H3/t8-,10-/m1/s1. The zero-order valence-electron chi connectivity index (χ0n) is 11.6. The van der Waals surface area contributed by atoms with Crippen LogP contribution in [0.2, 0.25) is 18.1 Å². The van der Waals surface area contributed by atoms with Gasteiger partial charge in [-0.25, -0.2) is 0 Å². The molecule has 0 radical (unpaired) electrons. The summed E-state index contributed by atoms with van der Waals surface area (Å²) >= 11 is 0. The molecule has 0 aromatic carbocycles. The molecule has 0 aromatic heterocycles. The van der Waals surface area contributed by atoms with Crippen molar-refractivity contribution in [3.63, 3.8) is 0 Å². The highest BCUT2D eigenvalue weighted by atomic mass is 28.4. The Morgan fingerprint density at radius 3 is 2.67 bits per heavy atom. The van der Waals surface area contributed by atoms with Crippen LogP contribution in [0.15, 0.2) is 5.11 Å². The van der Waals surface area contributed by atoms with Gasteiger partial charge in [0, 0.05) is 11.3 Å². The van der Waals surface area contributed by atoms with Crippen molar-refractivity contribution in [2.75, 3.05) is 6.54 Å². The zero-order valence-corrected chi connectivity index (χ0v) is 12.6. The molecule has 1 aliphatic heterocycles. The smallest absolute Gasteiger partial charge is 0.208 e. The average molecular weight is 271 g/mol. The molecule has 1 fully saturated rings. The van der Waals surface area contributed by atoms with Gasteiger partial charge in [0.05, 0.1) is 12.6 Å². The van der Waals surface area contributed by atoms with Gasteiger partial charge in [-0.1, -0.05) is 25.9 Å². The lowest BCUT2D eigenvalue weighted by Gasteiger charge is -2.37. The summed E-state index contributed by atoms with van der Waals surface area (Å²) in [7, 11) is -2.02. The van der Waals surface area contributed by atoms with Gasteiger partial charge in [-0.2, -0.15) is 0 Å². The van der Waals surface area contributed by atoms with E-state index in [2.05, 4.69) is 43.9 Å². The highest BCUT2D eigenvalue weighted by molar-refractivity contribution is 6.74. The summed E-state index contributed by atoms with van der Waals surface area (Å²) in [6, 6.07) is 0. The fraction of sp³-hybridized carbons (Fsp3) is 0.909. The first-order valence-electron chi connectivity index (χ1n) is 6.04. The van der Waals surface area contributed by atoms with Crippen molar-refractivity contribution in [2.24, 2.45) is 5.11 Å². The molecule has 1 rings (SSSR count). The van der Waals surface area contributed by atoms with Crippen molar-refractivity contribution >= 4 is 14.1 Å². The Morgan fingerprint density at radius 1 is 1.56 bits per heavy atom. The molecule has 1 aliphatic rings. The maximum atomic E-state index is 11.8. The second kappa shape index (κ2) is 5.40. The van der Waals surface area contributed by atoms with Crippen molar-refractivity contribution in [1.29, 1.82) is 0 Å². The molecule has 7 heteroatoms. The van der Waals surface area contributed by atoms with E-state index in [1.165, 1.54) is 0 Å². The Morgan fingerprint density at radius 2 is 2.17 bits per heavy atom. The van der Waals surface area contributed by atoms with Gasteiger partial charge in [0.2, 0.25) is 6.29 Å². The quantitative estimate of drug-likeness (QED) is 0.341. The first-order chi connectivity index (χ1) is 8.17. The maximum Gasteiger partial charge on any atom is 0.208 e. The molecule has 6 nitrogen and oxygen atoms in total. The number of hydrogen-bond acceptors (Lipinski definition) is 4. The van der Waals surface area contributed by atoms with E-state index in [1.807, 2.05) is 0 Å². The number of carbonyl (C=O) groups is 1. The predicted octanol–water partition coefficient (Wildman–Crippen LogP) is 3.00. The SMILES string of the molecule is CC(C)(C)[Si](C)(C)O[C@H]1O[C@@H](CN=[N+]=[N-])CC1=O. The van der Waals surface area contributed by atoms with Crippen molar-refractivity contribution in [1.82, 2.24) is 0 Å². The summed E-state index contributed by atoms with van der Waals surface area (Å²) < 4.78 is 11.4. The van der Waals surface area contributed by atoms with E-state index < -0.39 is 14.6 Å². The number of Topliss-reactive ketones (excluding diaryl/α,β-unsaturated/α-hetero) is 1. The third-order valence-electron chi connectivity index (χ3n) is 3.56. The molecule has 0 saturated carbocycles. The van der Waals surface area contributed by atoms with Gasteiger partial charge in [-0.05, 0) is 23.7 Å². The highest BCUT2D eigenvalue weighted by Gasteiger charge is 2.44. The molecular weight excluding hydrogens is 250 g/mol.